The van der Waals surface area contributed by atoms with Gasteiger partial charge in [-0.25, -0.2) is 14.8 Å². The molecule has 6 heteroatoms. The molecule has 2 aromatic heterocycles. The number of nitrogens with zero attached hydrogens (tertiary/aromatic N) is 3. The lowest BCUT2D eigenvalue weighted by Crippen LogP contribution is -2.09. The quantitative estimate of drug-likeness (QED) is 0.762. The van der Waals surface area contributed by atoms with Gasteiger partial charge in [-0.1, -0.05) is 12.1 Å². The minimum Gasteiger partial charge on any atom is -0.475 e. The van der Waals surface area contributed by atoms with Crippen LogP contribution in [0.25, 0.3) is 10.9 Å². The zero-order valence-electron chi connectivity index (χ0n) is 11.0. The fourth-order valence-corrected chi connectivity index (χ4v) is 1.99. The summed E-state index contributed by atoms with van der Waals surface area (Å²) >= 11 is 0. The van der Waals surface area contributed by atoms with E-state index in [0.717, 1.165) is 10.9 Å². The summed E-state index contributed by atoms with van der Waals surface area (Å²) in [5.74, 6) is -0.853. The maximum absolute atomic E-state index is 11.1. The molecule has 21 heavy (non-hydrogen) atoms. The summed E-state index contributed by atoms with van der Waals surface area (Å²) in [5.41, 5.74) is 1.63. The van der Waals surface area contributed by atoms with Crippen LogP contribution in [0, 0.1) is 0 Å². The van der Waals surface area contributed by atoms with E-state index in [1.54, 1.807) is 18.5 Å². The maximum atomic E-state index is 11.1. The van der Waals surface area contributed by atoms with Crippen LogP contribution in [0.1, 0.15) is 16.2 Å². The number of aromatic nitrogens is 3. The van der Waals surface area contributed by atoms with Crippen molar-refractivity contribution in [3.8, 4) is 0 Å². The molecule has 104 valence electrons. The van der Waals surface area contributed by atoms with Gasteiger partial charge in [0.2, 0.25) is 5.82 Å². The van der Waals surface area contributed by atoms with Crippen LogP contribution < -0.4 is 5.32 Å². The number of aromatic carboxylic acids is 1. The van der Waals surface area contributed by atoms with Crippen LogP contribution in [0.5, 0.6) is 0 Å². The lowest BCUT2D eigenvalue weighted by molar-refractivity contribution is 0.0684. The first-order valence-corrected chi connectivity index (χ1v) is 6.37. The summed E-state index contributed by atoms with van der Waals surface area (Å²) in [6, 6.07) is 11.1. The largest absolute Gasteiger partial charge is 0.475 e. The van der Waals surface area contributed by atoms with E-state index in [0.29, 0.717) is 17.9 Å². The molecule has 2 N–H and O–H groups in total. The van der Waals surface area contributed by atoms with Crippen LogP contribution in [-0.2, 0) is 6.54 Å². The molecule has 0 radical (unpaired) electrons. The molecule has 0 amide bonds. The Labute approximate surface area is 120 Å². The van der Waals surface area contributed by atoms with Crippen molar-refractivity contribution in [3.05, 3.63) is 60.2 Å². The number of carboxylic acids is 1. The van der Waals surface area contributed by atoms with Crippen molar-refractivity contribution >= 4 is 22.7 Å². The highest BCUT2D eigenvalue weighted by Crippen LogP contribution is 2.20. The Bertz CT molecular complexity index is 790. The molecule has 0 aliphatic carbocycles. The maximum Gasteiger partial charge on any atom is 0.374 e. The van der Waals surface area contributed by atoms with E-state index in [1.807, 2.05) is 30.3 Å². The molecular weight excluding hydrogens is 268 g/mol. The number of carbonyl (C=O) groups is 1. The van der Waals surface area contributed by atoms with Gasteiger partial charge in [0.15, 0.2) is 0 Å². The molecule has 0 fully saturated rings. The Kier molecular flexibility index (Phi) is 3.42. The Morgan fingerprint density at radius 1 is 1.10 bits per heavy atom. The average molecular weight is 280 g/mol. The second-order valence-electron chi connectivity index (χ2n) is 4.43. The number of carboxylic acid groups (broad SMARTS) is 1. The van der Waals surface area contributed by atoms with E-state index in [2.05, 4.69) is 20.3 Å². The van der Waals surface area contributed by atoms with Crippen LogP contribution in [0.3, 0.4) is 0 Å². The summed E-state index contributed by atoms with van der Waals surface area (Å²) in [6.07, 6.45) is 3.41. The van der Waals surface area contributed by atoms with Gasteiger partial charge in [-0.2, -0.15) is 0 Å². The lowest BCUT2D eigenvalue weighted by atomic mass is 10.2. The van der Waals surface area contributed by atoms with Gasteiger partial charge in [-0.05, 0) is 29.8 Å². The monoisotopic (exact) mass is 280 g/mol. The predicted molar refractivity (Wildman–Crippen MR) is 78.1 cm³/mol. The Morgan fingerprint density at radius 2 is 1.86 bits per heavy atom. The molecule has 0 saturated carbocycles. The van der Waals surface area contributed by atoms with Crippen LogP contribution >= 0.6 is 0 Å². The minimum absolute atomic E-state index is 0.217. The number of hydrogen-bond donors (Lipinski definition) is 2. The molecule has 6 nitrogen and oxygen atoms in total. The van der Waals surface area contributed by atoms with Crippen molar-refractivity contribution in [2.24, 2.45) is 0 Å². The number of para-hydroxylation sites is 1. The second kappa shape index (κ2) is 5.54. The number of anilines is 1. The third kappa shape index (κ3) is 2.79. The Balaban J connectivity index is 1.98. The van der Waals surface area contributed by atoms with Gasteiger partial charge in [0.25, 0.3) is 0 Å². The van der Waals surface area contributed by atoms with Gasteiger partial charge in [0, 0.05) is 24.3 Å². The van der Waals surface area contributed by atoms with Gasteiger partial charge in [0.05, 0.1) is 5.52 Å². The Hall–Kier alpha value is -3.02. The first-order chi connectivity index (χ1) is 10.2. The lowest BCUT2D eigenvalue weighted by Gasteiger charge is -2.09. The van der Waals surface area contributed by atoms with Crippen molar-refractivity contribution in [3.63, 3.8) is 0 Å². The van der Waals surface area contributed by atoms with Crippen molar-refractivity contribution < 1.29 is 9.90 Å². The fraction of sp³-hybridized carbons (Fsp3) is 0.0667. The van der Waals surface area contributed by atoms with Gasteiger partial charge in [-0.3, -0.25) is 4.98 Å². The molecule has 0 aliphatic rings. The number of benzene rings is 1. The third-order valence-electron chi connectivity index (χ3n) is 3.00. The fourth-order valence-electron chi connectivity index (χ4n) is 1.99. The molecule has 3 aromatic rings. The Morgan fingerprint density at radius 3 is 2.62 bits per heavy atom. The molecule has 0 unspecified atom stereocenters. The van der Waals surface area contributed by atoms with Crippen molar-refractivity contribution in [1.82, 2.24) is 15.0 Å². The standard InChI is InChI=1S/C15H12N4O2/c20-15(21)14-18-12-4-2-1-3-11(12)13(19-14)17-9-10-5-7-16-8-6-10/h1-8H,9H2,(H,20,21)(H,17,18,19). The third-order valence-corrected chi connectivity index (χ3v) is 3.00. The highest BCUT2D eigenvalue weighted by Gasteiger charge is 2.12. The molecule has 0 bridgehead atoms. The second-order valence-corrected chi connectivity index (χ2v) is 4.43. The van der Waals surface area contributed by atoms with Crippen LogP contribution in [0.15, 0.2) is 48.8 Å². The van der Waals surface area contributed by atoms with Crippen LogP contribution in [0.2, 0.25) is 0 Å². The molecule has 0 saturated heterocycles. The highest BCUT2D eigenvalue weighted by molar-refractivity contribution is 5.93. The number of rotatable bonds is 4. The van der Waals surface area contributed by atoms with E-state index >= 15 is 0 Å². The normalized spacial score (nSPS) is 10.5. The number of fused-ring (bicyclic) bond motifs is 1. The zero-order chi connectivity index (χ0) is 14.7. The molecule has 2 heterocycles. The summed E-state index contributed by atoms with van der Waals surface area (Å²) in [6.45, 7) is 0.530. The first kappa shape index (κ1) is 13.0. The van der Waals surface area contributed by atoms with Gasteiger partial charge in [0.1, 0.15) is 5.82 Å². The van der Waals surface area contributed by atoms with Gasteiger partial charge >= 0.3 is 5.97 Å². The molecule has 3 rings (SSSR count). The zero-order valence-corrected chi connectivity index (χ0v) is 11.0. The number of hydrogen-bond acceptors (Lipinski definition) is 5. The number of pyridine rings is 1. The van der Waals surface area contributed by atoms with Gasteiger partial charge < -0.3 is 10.4 Å². The first-order valence-electron chi connectivity index (χ1n) is 6.37. The van der Waals surface area contributed by atoms with E-state index in [1.165, 1.54) is 0 Å². The van der Waals surface area contributed by atoms with E-state index in [-0.39, 0.29) is 5.82 Å². The van der Waals surface area contributed by atoms with Crippen molar-refractivity contribution in [1.29, 1.82) is 0 Å². The highest BCUT2D eigenvalue weighted by atomic mass is 16.4. The molecular formula is C15H12N4O2. The predicted octanol–water partition coefficient (Wildman–Crippen LogP) is 2.34. The summed E-state index contributed by atoms with van der Waals surface area (Å²) in [5, 5.41) is 13.0. The minimum atomic E-state index is -1.15. The molecule has 0 atom stereocenters. The van der Waals surface area contributed by atoms with E-state index in [4.69, 9.17) is 5.11 Å². The smallest absolute Gasteiger partial charge is 0.374 e. The molecule has 1 aromatic carbocycles. The summed E-state index contributed by atoms with van der Waals surface area (Å²) < 4.78 is 0. The summed E-state index contributed by atoms with van der Waals surface area (Å²) in [7, 11) is 0. The van der Waals surface area contributed by atoms with E-state index < -0.39 is 5.97 Å². The summed E-state index contributed by atoms with van der Waals surface area (Å²) in [4.78, 5) is 23.2. The van der Waals surface area contributed by atoms with Crippen LogP contribution in [0.4, 0.5) is 5.82 Å². The van der Waals surface area contributed by atoms with E-state index in [9.17, 15) is 4.79 Å². The molecule has 0 aliphatic heterocycles. The van der Waals surface area contributed by atoms with Crippen molar-refractivity contribution in [2.45, 2.75) is 6.54 Å². The SMILES string of the molecule is O=C(O)c1nc(NCc2ccncc2)c2ccccc2n1. The van der Waals surface area contributed by atoms with Gasteiger partial charge in [-0.15, -0.1) is 0 Å². The average Bonchev–Trinajstić information content (AvgIpc) is 2.53. The molecule has 0 spiro atoms. The number of nitrogens with one attached hydrogen (secondary N) is 1. The van der Waals surface area contributed by atoms with Crippen LogP contribution in [-0.4, -0.2) is 26.0 Å². The van der Waals surface area contributed by atoms with Crippen molar-refractivity contribution in [2.75, 3.05) is 5.32 Å². The topological polar surface area (TPSA) is 88.0 Å².